The number of methoxy groups -OCH3 is 1. The summed E-state index contributed by atoms with van der Waals surface area (Å²) in [6, 6.07) is 2.59. The zero-order valence-corrected chi connectivity index (χ0v) is 8.30. The molecule has 0 atom stereocenters. The van der Waals surface area contributed by atoms with Crippen molar-refractivity contribution in [2.24, 2.45) is 0 Å². The van der Waals surface area contributed by atoms with E-state index in [1.807, 2.05) is 7.05 Å². The summed E-state index contributed by atoms with van der Waals surface area (Å²) in [5.41, 5.74) is 0.678. The van der Waals surface area contributed by atoms with Crippen LogP contribution in [0.1, 0.15) is 5.56 Å². The number of nitrogens with one attached hydrogen (secondary N) is 1. The Bertz CT molecular complexity index is 315. The Morgan fingerprint density at radius 3 is 2.79 bits per heavy atom. The molecule has 0 aliphatic carbocycles. The summed E-state index contributed by atoms with van der Waals surface area (Å²) in [5.74, 6) is -0.411. The standard InChI is InChI=1S/C10H14FNO2/c1-12-4-3-7-5-10(14-2)8(11)6-9(7)13/h5-6,12-13H,3-4H2,1-2H3. The van der Waals surface area contributed by atoms with Crippen LogP contribution >= 0.6 is 0 Å². The molecule has 1 aromatic rings. The first-order chi connectivity index (χ1) is 6.69. The van der Waals surface area contributed by atoms with Crippen molar-refractivity contribution in [3.05, 3.63) is 23.5 Å². The van der Waals surface area contributed by atoms with Crippen molar-refractivity contribution in [2.45, 2.75) is 6.42 Å². The van der Waals surface area contributed by atoms with Crippen LogP contribution in [-0.2, 0) is 6.42 Å². The number of halogens is 1. The van der Waals surface area contributed by atoms with E-state index in [0.717, 1.165) is 12.6 Å². The molecule has 0 bridgehead atoms. The molecule has 0 unspecified atom stereocenters. The molecule has 14 heavy (non-hydrogen) atoms. The maximum Gasteiger partial charge on any atom is 0.168 e. The predicted octanol–water partition coefficient (Wildman–Crippen LogP) is 1.30. The van der Waals surface area contributed by atoms with Crippen molar-refractivity contribution in [2.75, 3.05) is 20.7 Å². The van der Waals surface area contributed by atoms with E-state index in [-0.39, 0.29) is 11.5 Å². The van der Waals surface area contributed by atoms with Gasteiger partial charge in [0.1, 0.15) is 5.75 Å². The normalized spacial score (nSPS) is 10.2. The van der Waals surface area contributed by atoms with Gasteiger partial charge in [-0.25, -0.2) is 4.39 Å². The van der Waals surface area contributed by atoms with Gasteiger partial charge < -0.3 is 15.2 Å². The quantitative estimate of drug-likeness (QED) is 0.768. The largest absolute Gasteiger partial charge is 0.508 e. The van der Waals surface area contributed by atoms with Crippen LogP contribution in [-0.4, -0.2) is 25.8 Å². The molecular formula is C10H14FNO2. The lowest BCUT2D eigenvalue weighted by Gasteiger charge is -2.07. The summed E-state index contributed by atoms with van der Waals surface area (Å²) in [6.07, 6.45) is 0.638. The molecule has 0 saturated carbocycles. The van der Waals surface area contributed by atoms with Gasteiger partial charge in [-0.1, -0.05) is 0 Å². The minimum atomic E-state index is -0.543. The fraction of sp³-hybridized carbons (Fsp3) is 0.400. The number of hydrogen-bond donors (Lipinski definition) is 2. The van der Waals surface area contributed by atoms with Crippen molar-refractivity contribution < 1.29 is 14.2 Å². The van der Waals surface area contributed by atoms with Gasteiger partial charge in [-0.2, -0.15) is 0 Å². The van der Waals surface area contributed by atoms with Gasteiger partial charge in [-0.3, -0.25) is 0 Å². The van der Waals surface area contributed by atoms with Gasteiger partial charge in [0.15, 0.2) is 11.6 Å². The second kappa shape index (κ2) is 4.81. The third kappa shape index (κ3) is 2.35. The number of phenols is 1. The fourth-order valence-corrected chi connectivity index (χ4v) is 1.20. The lowest BCUT2D eigenvalue weighted by Crippen LogP contribution is -2.10. The maximum absolute atomic E-state index is 13.1. The number of rotatable bonds is 4. The number of ether oxygens (including phenoxy) is 1. The van der Waals surface area contributed by atoms with Gasteiger partial charge in [-0.05, 0) is 31.6 Å². The van der Waals surface area contributed by atoms with E-state index in [0.29, 0.717) is 12.0 Å². The SMILES string of the molecule is CNCCc1cc(OC)c(F)cc1O. The molecule has 2 N–H and O–H groups in total. The summed E-state index contributed by atoms with van der Waals surface area (Å²) in [5, 5.41) is 12.4. The first-order valence-corrected chi connectivity index (χ1v) is 4.39. The van der Waals surface area contributed by atoms with Crippen molar-refractivity contribution >= 4 is 0 Å². The van der Waals surface area contributed by atoms with E-state index in [4.69, 9.17) is 4.74 Å². The molecule has 1 rings (SSSR count). The van der Waals surface area contributed by atoms with Crippen molar-refractivity contribution in [3.63, 3.8) is 0 Å². The third-order valence-corrected chi connectivity index (χ3v) is 2.00. The minimum Gasteiger partial charge on any atom is -0.508 e. The molecule has 0 heterocycles. The lowest BCUT2D eigenvalue weighted by atomic mass is 10.1. The first kappa shape index (κ1) is 10.8. The smallest absolute Gasteiger partial charge is 0.168 e. The molecule has 78 valence electrons. The van der Waals surface area contributed by atoms with Crippen molar-refractivity contribution in [1.29, 1.82) is 0 Å². The van der Waals surface area contributed by atoms with E-state index in [1.54, 1.807) is 0 Å². The highest BCUT2D eigenvalue weighted by atomic mass is 19.1. The Morgan fingerprint density at radius 2 is 2.21 bits per heavy atom. The number of aromatic hydroxyl groups is 1. The van der Waals surface area contributed by atoms with Gasteiger partial charge in [0.2, 0.25) is 0 Å². The summed E-state index contributed by atoms with van der Waals surface area (Å²) in [4.78, 5) is 0. The zero-order valence-electron chi connectivity index (χ0n) is 8.30. The van der Waals surface area contributed by atoms with Crippen molar-refractivity contribution in [3.8, 4) is 11.5 Å². The Kier molecular flexibility index (Phi) is 3.71. The number of phenolic OH excluding ortho intramolecular Hbond substituents is 1. The maximum atomic E-state index is 13.1. The number of likely N-dealkylation sites (N-methyl/N-ethyl adjacent to an activating group) is 1. The summed E-state index contributed by atoms with van der Waals surface area (Å²) in [6.45, 7) is 0.725. The third-order valence-electron chi connectivity index (χ3n) is 2.00. The second-order valence-corrected chi connectivity index (χ2v) is 2.97. The van der Waals surface area contributed by atoms with Crippen LogP contribution in [0, 0.1) is 5.82 Å². The van der Waals surface area contributed by atoms with Crippen LogP contribution in [0.15, 0.2) is 12.1 Å². The van der Waals surface area contributed by atoms with Gasteiger partial charge in [0, 0.05) is 6.07 Å². The van der Waals surface area contributed by atoms with E-state index in [2.05, 4.69) is 5.32 Å². The molecule has 0 spiro atoms. The molecule has 0 radical (unpaired) electrons. The van der Waals surface area contributed by atoms with Crippen LogP contribution in [0.25, 0.3) is 0 Å². The zero-order chi connectivity index (χ0) is 10.6. The number of hydrogen-bond acceptors (Lipinski definition) is 3. The molecule has 0 aliphatic rings. The monoisotopic (exact) mass is 199 g/mol. The average Bonchev–Trinajstić information content (AvgIpc) is 2.17. The summed E-state index contributed by atoms with van der Waals surface area (Å²) >= 11 is 0. The fourth-order valence-electron chi connectivity index (χ4n) is 1.20. The van der Waals surface area contributed by atoms with Gasteiger partial charge in [0.25, 0.3) is 0 Å². The molecule has 0 fully saturated rings. The molecule has 0 aromatic heterocycles. The summed E-state index contributed by atoms with van der Waals surface area (Å²) in [7, 11) is 3.22. The van der Waals surface area contributed by atoms with E-state index >= 15 is 0 Å². The van der Waals surface area contributed by atoms with Crippen LogP contribution in [0.2, 0.25) is 0 Å². The molecule has 3 nitrogen and oxygen atoms in total. The van der Waals surface area contributed by atoms with Crippen molar-refractivity contribution in [1.82, 2.24) is 5.32 Å². The van der Waals surface area contributed by atoms with E-state index < -0.39 is 5.82 Å². The van der Waals surface area contributed by atoms with Crippen LogP contribution in [0.4, 0.5) is 4.39 Å². The molecule has 0 aliphatic heterocycles. The Morgan fingerprint density at radius 1 is 1.50 bits per heavy atom. The molecule has 4 heteroatoms. The predicted molar refractivity (Wildman–Crippen MR) is 52.2 cm³/mol. The lowest BCUT2D eigenvalue weighted by molar-refractivity contribution is 0.380. The Labute approximate surface area is 82.5 Å². The van der Waals surface area contributed by atoms with Gasteiger partial charge in [-0.15, -0.1) is 0 Å². The average molecular weight is 199 g/mol. The molecule has 0 saturated heterocycles. The second-order valence-electron chi connectivity index (χ2n) is 2.97. The minimum absolute atomic E-state index is 0.0291. The van der Waals surface area contributed by atoms with Gasteiger partial charge >= 0.3 is 0 Å². The van der Waals surface area contributed by atoms with E-state index in [1.165, 1.54) is 13.2 Å². The van der Waals surface area contributed by atoms with Gasteiger partial charge in [0.05, 0.1) is 7.11 Å². The van der Waals surface area contributed by atoms with Crippen LogP contribution in [0.5, 0.6) is 11.5 Å². The number of benzene rings is 1. The van der Waals surface area contributed by atoms with E-state index in [9.17, 15) is 9.50 Å². The highest BCUT2D eigenvalue weighted by Crippen LogP contribution is 2.26. The highest BCUT2D eigenvalue weighted by molar-refractivity contribution is 5.40. The summed E-state index contributed by atoms with van der Waals surface area (Å²) < 4.78 is 17.9. The Balaban J connectivity index is 2.92. The topological polar surface area (TPSA) is 41.5 Å². The first-order valence-electron chi connectivity index (χ1n) is 4.39. The van der Waals surface area contributed by atoms with Crippen LogP contribution < -0.4 is 10.1 Å². The molecule has 1 aromatic carbocycles. The Hall–Kier alpha value is -1.29. The molecule has 0 amide bonds. The molecular weight excluding hydrogens is 185 g/mol. The van der Waals surface area contributed by atoms with Crippen LogP contribution in [0.3, 0.4) is 0 Å². The highest BCUT2D eigenvalue weighted by Gasteiger charge is 2.08.